The van der Waals surface area contributed by atoms with Gasteiger partial charge in [0.15, 0.2) is 0 Å². The minimum Gasteiger partial charge on any atom is -0.355 e. The zero-order valence-corrected chi connectivity index (χ0v) is 12.2. The van der Waals surface area contributed by atoms with Crippen molar-refractivity contribution in [3.63, 3.8) is 0 Å². The normalized spacial score (nSPS) is 11.0. The molecule has 0 aliphatic carbocycles. The van der Waals surface area contributed by atoms with E-state index in [9.17, 15) is 22.0 Å². The molecule has 0 atom stereocenters. The number of amides is 1. The number of carbonyl (C=O) groups excluding carboxylic acids is 1. The van der Waals surface area contributed by atoms with Crippen LogP contribution in [-0.2, 0) is 10.0 Å². The number of anilines is 1. The van der Waals surface area contributed by atoms with E-state index in [0.29, 0.717) is 11.6 Å². The van der Waals surface area contributed by atoms with Crippen LogP contribution in [0.2, 0.25) is 0 Å². The summed E-state index contributed by atoms with van der Waals surface area (Å²) < 4.78 is 52.4. The standard InChI is InChI=1S/C14H12F2N2O3S/c1-17-14(19)9-2-4-13(5-3-9)22(20,21)18-12-7-10(15)6-11(16)8-12/h2-8,18H,1H3,(H,17,19). The van der Waals surface area contributed by atoms with Crippen molar-refractivity contribution in [1.82, 2.24) is 5.32 Å². The van der Waals surface area contributed by atoms with Crippen LogP contribution in [0.15, 0.2) is 47.4 Å². The maximum Gasteiger partial charge on any atom is 0.261 e. The van der Waals surface area contributed by atoms with Gasteiger partial charge in [-0.25, -0.2) is 17.2 Å². The molecule has 0 aromatic heterocycles. The van der Waals surface area contributed by atoms with Gasteiger partial charge in [0.2, 0.25) is 0 Å². The third kappa shape index (κ3) is 3.59. The van der Waals surface area contributed by atoms with E-state index in [4.69, 9.17) is 0 Å². The first-order valence-corrected chi connectivity index (χ1v) is 7.61. The highest BCUT2D eigenvalue weighted by Gasteiger charge is 2.16. The van der Waals surface area contributed by atoms with Crippen LogP contribution in [0, 0.1) is 11.6 Å². The van der Waals surface area contributed by atoms with Gasteiger partial charge in [0.1, 0.15) is 11.6 Å². The molecule has 0 aliphatic heterocycles. The van der Waals surface area contributed by atoms with Crippen LogP contribution in [0.1, 0.15) is 10.4 Å². The van der Waals surface area contributed by atoms with Gasteiger partial charge in [-0.15, -0.1) is 0 Å². The third-order valence-electron chi connectivity index (χ3n) is 2.77. The molecule has 0 bridgehead atoms. The molecule has 1 amide bonds. The van der Waals surface area contributed by atoms with Crippen LogP contribution in [0.25, 0.3) is 0 Å². The summed E-state index contributed by atoms with van der Waals surface area (Å²) in [6, 6.07) is 7.47. The van der Waals surface area contributed by atoms with Gasteiger partial charge in [-0.1, -0.05) is 0 Å². The Morgan fingerprint density at radius 3 is 2.05 bits per heavy atom. The summed E-state index contributed by atoms with van der Waals surface area (Å²) in [6.45, 7) is 0. The van der Waals surface area contributed by atoms with Gasteiger partial charge in [0.25, 0.3) is 15.9 Å². The van der Waals surface area contributed by atoms with Crippen molar-refractivity contribution in [2.45, 2.75) is 4.90 Å². The lowest BCUT2D eigenvalue weighted by Gasteiger charge is -2.09. The first-order valence-electron chi connectivity index (χ1n) is 6.13. The molecule has 0 heterocycles. The molecule has 2 aromatic rings. The lowest BCUT2D eigenvalue weighted by Crippen LogP contribution is -2.18. The second-order valence-electron chi connectivity index (χ2n) is 4.37. The maximum absolute atomic E-state index is 13.1. The Hall–Kier alpha value is -2.48. The van der Waals surface area contributed by atoms with Crippen molar-refractivity contribution < 1.29 is 22.0 Å². The van der Waals surface area contributed by atoms with Crippen LogP contribution in [0.5, 0.6) is 0 Å². The lowest BCUT2D eigenvalue weighted by atomic mass is 10.2. The van der Waals surface area contributed by atoms with E-state index in [1.165, 1.54) is 31.3 Å². The van der Waals surface area contributed by atoms with Gasteiger partial charge in [-0.05, 0) is 36.4 Å². The van der Waals surface area contributed by atoms with E-state index in [-0.39, 0.29) is 16.5 Å². The number of halogens is 2. The van der Waals surface area contributed by atoms with Crippen LogP contribution in [0.4, 0.5) is 14.5 Å². The summed E-state index contributed by atoms with van der Waals surface area (Å²) in [4.78, 5) is 11.2. The van der Waals surface area contributed by atoms with Crippen molar-refractivity contribution in [2.75, 3.05) is 11.8 Å². The second-order valence-corrected chi connectivity index (χ2v) is 6.05. The largest absolute Gasteiger partial charge is 0.355 e. The predicted octanol–water partition coefficient (Wildman–Crippen LogP) is 2.13. The maximum atomic E-state index is 13.1. The summed E-state index contributed by atoms with van der Waals surface area (Å²) in [5.74, 6) is -2.15. The number of hydrogen-bond donors (Lipinski definition) is 2. The van der Waals surface area contributed by atoms with Gasteiger partial charge in [0, 0.05) is 18.7 Å². The number of sulfonamides is 1. The molecule has 0 spiro atoms. The highest BCUT2D eigenvalue weighted by molar-refractivity contribution is 7.92. The first kappa shape index (κ1) is 15.9. The SMILES string of the molecule is CNC(=O)c1ccc(S(=O)(=O)Nc2cc(F)cc(F)c2)cc1. The van der Waals surface area contributed by atoms with Crippen molar-refractivity contribution in [1.29, 1.82) is 0 Å². The number of benzene rings is 2. The highest BCUT2D eigenvalue weighted by atomic mass is 32.2. The number of carbonyl (C=O) groups is 1. The molecule has 116 valence electrons. The molecule has 8 heteroatoms. The number of nitrogens with one attached hydrogen (secondary N) is 2. The Morgan fingerprint density at radius 1 is 1.00 bits per heavy atom. The molecule has 0 aliphatic rings. The van der Waals surface area contributed by atoms with Crippen LogP contribution in [-0.4, -0.2) is 21.4 Å². The van der Waals surface area contributed by atoms with Crippen LogP contribution >= 0.6 is 0 Å². The van der Waals surface area contributed by atoms with Crippen LogP contribution < -0.4 is 10.0 Å². The average Bonchev–Trinajstić information content (AvgIpc) is 2.45. The topological polar surface area (TPSA) is 75.3 Å². The van der Waals surface area contributed by atoms with Gasteiger partial charge in [0.05, 0.1) is 10.6 Å². The fourth-order valence-electron chi connectivity index (χ4n) is 1.76. The van der Waals surface area contributed by atoms with Crippen LogP contribution in [0.3, 0.4) is 0 Å². The molecule has 0 saturated heterocycles. The molecular formula is C14H12F2N2O3S. The third-order valence-corrected chi connectivity index (χ3v) is 4.17. The monoisotopic (exact) mass is 326 g/mol. The molecular weight excluding hydrogens is 314 g/mol. The van der Waals surface area contributed by atoms with E-state index in [2.05, 4.69) is 10.0 Å². The smallest absolute Gasteiger partial charge is 0.261 e. The average molecular weight is 326 g/mol. The Balaban J connectivity index is 2.28. The Kier molecular flexibility index (Phi) is 4.41. The number of rotatable bonds is 4. The zero-order valence-electron chi connectivity index (χ0n) is 11.4. The summed E-state index contributed by atoms with van der Waals surface area (Å²) in [5, 5.41) is 2.40. The predicted molar refractivity (Wildman–Crippen MR) is 77.0 cm³/mol. The molecule has 22 heavy (non-hydrogen) atoms. The molecule has 2 rings (SSSR count). The van der Waals surface area contributed by atoms with Crippen molar-refractivity contribution in [2.24, 2.45) is 0 Å². The Morgan fingerprint density at radius 2 is 1.55 bits per heavy atom. The minimum absolute atomic E-state index is 0.134. The summed E-state index contributed by atoms with van der Waals surface area (Å²) in [6.07, 6.45) is 0. The van der Waals surface area contributed by atoms with Gasteiger partial charge in [-0.2, -0.15) is 0 Å². The van der Waals surface area contributed by atoms with Crippen molar-refractivity contribution >= 4 is 21.6 Å². The summed E-state index contributed by atoms with van der Waals surface area (Å²) in [7, 11) is -2.56. The molecule has 5 nitrogen and oxygen atoms in total. The molecule has 0 saturated carbocycles. The molecule has 2 aromatic carbocycles. The van der Waals surface area contributed by atoms with Gasteiger partial charge < -0.3 is 5.32 Å². The zero-order chi connectivity index (χ0) is 16.3. The van der Waals surface area contributed by atoms with Crippen molar-refractivity contribution in [3.8, 4) is 0 Å². The summed E-state index contributed by atoms with van der Waals surface area (Å²) >= 11 is 0. The quantitative estimate of drug-likeness (QED) is 0.904. The van der Waals surface area contributed by atoms with E-state index in [1.54, 1.807) is 0 Å². The minimum atomic E-state index is -4.01. The Labute approximate surface area is 126 Å². The molecule has 2 N–H and O–H groups in total. The van der Waals surface area contributed by atoms with Crippen molar-refractivity contribution in [3.05, 3.63) is 59.7 Å². The fraction of sp³-hybridized carbons (Fsp3) is 0.0714. The van der Waals surface area contributed by atoms with E-state index < -0.39 is 21.7 Å². The highest BCUT2D eigenvalue weighted by Crippen LogP contribution is 2.18. The molecule has 0 unspecified atom stereocenters. The first-order chi connectivity index (χ1) is 10.3. The summed E-state index contributed by atoms with van der Waals surface area (Å²) in [5.41, 5.74) is 0.0612. The van der Waals surface area contributed by atoms with Gasteiger partial charge in [-0.3, -0.25) is 9.52 Å². The van der Waals surface area contributed by atoms with E-state index in [0.717, 1.165) is 12.1 Å². The van der Waals surface area contributed by atoms with E-state index >= 15 is 0 Å². The fourth-order valence-corrected chi connectivity index (χ4v) is 2.80. The second kappa shape index (κ2) is 6.10. The molecule has 0 fully saturated rings. The van der Waals surface area contributed by atoms with Gasteiger partial charge >= 0.3 is 0 Å². The molecule has 0 radical (unpaired) electrons. The lowest BCUT2D eigenvalue weighted by molar-refractivity contribution is 0.0963. The Bertz CT molecular complexity index is 785. The van der Waals surface area contributed by atoms with E-state index in [1.807, 2.05) is 0 Å². The number of hydrogen-bond acceptors (Lipinski definition) is 3.